The van der Waals surface area contributed by atoms with Crippen molar-refractivity contribution in [1.82, 2.24) is 0 Å². The predicted octanol–water partition coefficient (Wildman–Crippen LogP) is 6.87. The third-order valence-corrected chi connectivity index (χ3v) is 5.18. The van der Waals surface area contributed by atoms with Crippen LogP contribution in [0.2, 0.25) is 0 Å². The molecule has 0 amide bonds. The average Bonchev–Trinajstić information content (AvgIpc) is 2.59. The van der Waals surface area contributed by atoms with E-state index in [1.165, 1.54) is 77.0 Å². The van der Waals surface area contributed by atoms with Crippen molar-refractivity contribution in [3.05, 3.63) is 12.2 Å². The Morgan fingerprint density at radius 2 is 1.31 bits per heavy atom. The first-order valence-electron chi connectivity index (χ1n) is 10.8. The zero-order valence-corrected chi connectivity index (χ0v) is 17.9. The summed E-state index contributed by atoms with van der Waals surface area (Å²) in [6.45, 7) is 4.49. The fraction of sp³-hybridized carbons (Fsp3) is 0.905. The van der Waals surface area contributed by atoms with Gasteiger partial charge in [-0.05, 0) is 19.3 Å². The standard InChI is InChI=1S/C21H42O4S/c1-3-5-7-9-11-13-15-17-19-21(20-25-26(22,23)24)18-16-14-12-10-8-6-4-2/h16,18,21H,3-15,17,19-20H2,1-2H3,(H,22,23,24)/b18-16+. The Balaban J connectivity index is 3.98. The molecule has 0 aromatic rings. The van der Waals surface area contributed by atoms with Gasteiger partial charge in [-0.25, -0.2) is 4.18 Å². The molecule has 4 nitrogen and oxygen atoms in total. The summed E-state index contributed by atoms with van der Waals surface area (Å²) in [5.74, 6) is 0.0626. The Hall–Kier alpha value is -0.390. The Morgan fingerprint density at radius 3 is 1.85 bits per heavy atom. The lowest BCUT2D eigenvalue weighted by atomic mass is 9.99. The van der Waals surface area contributed by atoms with Crippen molar-refractivity contribution in [3.63, 3.8) is 0 Å². The van der Waals surface area contributed by atoms with Crippen LogP contribution in [0.5, 0.6) is 0 Å². The summed E-state index contributed by atoms with van der Waals surface area (Å²) in [5.41, 5.74) is 0. The number of rotatable bonds is 19. The van der Waals surface area contributed by atoms with Crippen LogP contribution < -0.4 is 0 Å². The minimum absolute atomic E-state index is 0.0433. The number of allylic oxidation sites excluding steroid dienone is 1. The Labute approximate surface area is 162 Å². The van der Waals surface area contributed by atoms with Gasteiger partial charge in [0.05, 0.1) is 6.61 Å². The van der Waals surface area contributed by atoms with Crippen LogP contribution in [0.1, 0.15) is 110 Å². The Bertz CT molecular complexity index is 418. The molecule has 0 saturated heterocycles. The van der Waals surface area contributed by atoms with E-state index in [9.17, 15) is 8.42 Å². The minimum Gasteiger partial charge on any atom is -0.264 e. The van der Waals surface area contributed by atoms with Crippen LogP contribution in [0.15, 0.2) is 12.2 Å². The van der Waals surface area contributed by atoms with Gasteiger partial charge in [0.1, 0.15) is 0 Å². The molecular weight excluding hydrogens is 348 g/mol. The number of hydrogen-bond acceptors (Lipinski definition) is 3. The third kappa shape index (κ3) is 19.9. The van der Waals surface area contributed by atoms with E-state index in [2.05, 4.69) is 30.2 Å². The molecule has 156 valence electrons. The predicted molar refractivity (Wildman–Crippen MR) is 111 cm³/mol. The maximum Gasteiger partial charge on any atom is 0.397 e. The molecule has 0 heterocycles. The first-order chi connectivity index (χ1) is 12.5. The molecule has 5 heteroatoms. The summed E-state index contributed by atoms with van der Waals surface area (Å²) < 4.78 is 35.0. The second kappa shape index (κ2) is 18.0. The second-order valence-electron chi connectivity index (χ2n) is 7.37. The van der Waals surface area contributed by atoms with Crippen molar-refractivity contribution in [2.45, 2.75) is 110 Å². The quantitative estimate of drug-likeness (QED) is 0.148. The van der Waals surface area contributed by atoms with Crippen molar-refractivity contribution in [2.24, 2.45) is 5.92 Å². The fourth-order valence-electron chi connectivity index (χ4n) is 3.10. The van der Waals surface area contributed by atoms with Crippen LogP contribution in [-0.4, -0.2) is 19.6 Å². The zero-order valence-electron chi connectivity index (χ0n) is 17.1. The van der Waals surface area contributed by atoms with Crippen molar-refractivity contribution in [2.75, 3.05) is 6.61 Å². The van der Waals surface area contributed by atoms with Crippen molar-refractivity contribution >= 4 is 10.4 Å². The van der Waals surface area contributed by atoms with Crippen LogP contribution in [0.4, 0.5) is 0 Å². The molecule has 0 aliphatic rings. The highest BCUT2D eigenvalue weighted by molar-refractivity contribution is 7.80. The van der Waals surface area contributed by atoms with Gasteiger partial charge in [0, 0.05) is 5.92 Å². The lowest BCUT2D eigenvalue weighted by molar-refractivity contribution is 0.234. The number of hydrogen-bond donors (Lipinski definition) is 1. The molecule has 1 unspecified atom stereocenters. The summed E-state index contributed by atoms with van der Waals surface area (Å²) in [6, 6.07) is 0. The molecule has 0 bridgehead atoms. The molecule has 0 saturated carbocycles. The van der Waals surface area contributed by atoms with Crippen molar-refractivity contribution < 1.29 is 17.2 Å². The first kappa shape index (κ1) is 25.6. The van der Waals surface area contributed by atoms with E-state index in [-0.39, 0.29) is 12.5 Å². The molecule has 26 heavy (non-hydrogen) atoms. The smallest absolute Gasteiger partial charge is 0.264 e. The van der Waals surface area contributed by atoms with Crippen LogP contribution >= 0.6 is 0 Å². The van der Waals surface area contributed by atoms with Gasteiger partial charge in [0.15, 0.2) is 0 Å². The molecule has 0 fully saturated rings. The summed E-state index contributed by atoms with van der Waals surface area (Å²) in [7, 11) is -4.35. The van der Waals surface area contributed by atoms with Crippen molar-refractivity contribution in [1.29, 1.82) is 0 Å². The van der Waals surface area contributed by atoms with Gasteiger partial charge < -0.3 is 0 Å². The maximum atomic E-state index is 10.8. The SMILES string of the molecule is CCCCCCC/C=C/C(CCCCCCCCCC)COS(=O)(=O)O. The molecule has 0 aromatic carbocycles. The molecule has 0 aliphatic carbocycles. The van der Waals surface area contributed by atoms with E-state index in [0.29, 0.717) is 0 Å². The first-order valence-corrected chi connectivity index (χ1v) is 12.1. The van der Waals surface area contributed by atoms with E-state index < -0.39 is 10.4 Å². The Kier molecular flexibility index (Phi) is 17.7. The highest BCUT2D eigenvalue weighted by atomic mass is 32.3. The minimum atomic E-state index is -4.35. The van der Waals surface area contributed by atoms with Crippen LogP contribution in [0.25, 0.3) is 0 Å². The van der Waals surface area contributed by atoms with Gasteiger partial charge in [-0.3, -0.25) is 4.55 Å². The summed E-state index contributed by atoms with van der Waals surface area (Å²) in [6.07, 6.45) is 22.5. The van der Waals surface area contributed by atoms with E-state index in [4.69, 9.17) is 4.55 Å². The molecule has 0 radical (unpaired) electrons. The maximum absolute atomic E-state index is 10.8. The van der Waals surface area contributed by atoms with E-state index in [1.807, 2.05) is 0 Å². The summed E-state index contributed by atoms with van der Waals surface area (Å²) in [4.78, 5) is 0. The second-order valence-corrected chi connectivity index (χ2v) is 8.46. The highest BCUT2D eigenvalue weighted by Crippen LogP contribution is 2.16. The largest absolute Gasteiger partial charge is 0.397 e. The normalized spacial score (nSPS) is 13.5. The lowest BCUT2D eigenvalue weighted by Gasteiger charge is -2.12. The molecule has 0 aromatic heterocycles. The van der Waals surface area contributed by atoms with Gasteiger partial charge in [0.25, 0.3) is 0 Å². The van der Waals surface area contributed by atoms with Crippen LogP contribution in [0.3, 0.4) is 0 Å². The molecule has 1 N–H and O–H groups in total. The van der Waals surface area contributed by atoms with E-state index in [1.54, 1.807) is 0 Å². The molecule has 0 aliphatic heterocycles. The summed E-state index contributed by atoms with van der Waals surface area (Å²) in [5, 5.41) is 0. The molecular formula is C21H42O4S. The van der Waals surface area contributed by atoms with E-state index in [0.717, 1.165) is 19.3 Å². The van der Waals surface area contributed by atoms with Crippen LogP contribution in [0, 0.1) is 5.92 Å². The fourth-order valence-corrected chi connectivity index (χ4v) is 3.45. The van der Waals surface area contributed by atoms with Gasteiger partial charge >= 0.3 is 10.4 Å². The number of unbranched alkanes of at least 4 members (excludes halogenated alkanes) is 12. The monoisotopic (exact) mass is 390 g/mol. The topological polar surface area (TPSA) is 63.6 Å². The lowest BCUT2D eigenvalue weighted by Crippen LogP contribution is -2.12. The zero-order chi connectivity index (χ0) is 19.5. The van der Waals surface area contributed by atoms with Gasteiger partial charge in [0.2, 0.25) is 0 Å². The van der Waals surface area contributed by atoms with Crippen LogP contribution in [-0.2, 0) is 14.6 Å². The summed E-state index contributed by atoms with van der Waals surface area (Å²) >= 11 is 0. The average molecular weight is 391 g/mol. The van der Waals surface area contributed by atoms with Gasteiger partial charge in [-0.2, -0.15) is 8.42 Å². The van der Waals surface area contributed by atoms with Gasteiger partial charge in [-0.15, -0.1) is 0 Å². The highest BCUT2D eigenvalue weighted by Gasteiger charge is 2.11. The molecule has 1 atom stereocenters. The molecule has 0 spiro atoms. The Morgan fingerprint density at radius 1 is 0.808 bits per heavy atom. The third-order valence-electron chi connectivity index (χ3n) is 4.74. The van der Waals surface area contributed by atoms with Gasteiger partial charge in [-0.1, -0.05) is 103 Å². The van der Waals surface area contributed by atoms with E-state index >= 15 is 0 Å². The van der Waals surface area contributed by atoms with Crippen molar-refractivity contribution in [3.8, 4) is 0 Å². The molecule has 0 rings (SSSR count).